The van der Waals surface area contributed by atoms with Crippen molar-refractivity contribution in [1.29, 1.82) is 0 Å². The van der Waals surface area contributed by atoms with E-state index in [4.69, 9.17) is 5.73 Å². The number of H-pyrrole nitrogens is 1. The molecular weight excluding hydrogens is 370 g/mol. The van der Waals surface area contributed by atoms with Crippen molar-refractivity contribution >= 4 is 23.1 Å². The molecule has 1 amide bonds. The summed E-state index contributed by atoms with van der Waals surface area (Å²) in [5, 5.41) is 0. The highest BCUT2D eigenvalue weighted by atomic mass is 16.2. The Hall–Kier alpha value is -3.03. The Balaban J connectivity index is 2.42. The SMILES string of the molecule is CCCCN(C(=O)CN(C)c1ccccc1)c1c(N)n(CC(C)C)c(=O)[nH]c1=O. The summed E-state index contributed by atoms with van der Waals surface area (Å²) in [6.07, 6.45) is 1.56. The lowest BCUT2D eigenvalue weighted by Crippen LogP contribution is -2.45. The van der Waals surface area contributed by atoms with E-state index in [-0.39, 0.29) is 29.9 Å². The van der Waals surface area contributed by atoms with E-state index in [9.17, 15) is 14.4 Å². The number of carbonyl (C=O) groups is 1. The third-order valence-corrected chi connectivity index (χ3v) is 4.64. The molecule has 0 fully saturated rings. The van der Waals surface area contributed by atoms with Gasteiger partial charge in [0.25, 0.3) is 5.56 Å². The molecule has 3 N–H and O–H groups in total. The highest BCUT2D eigenvalue weighted by Gasteiger charge is 2.25. The summed E-state index contributed by atoms with van der Waals surface area (Å²) >= 11 is 0. The molecule has 0 atom stereocenters. The largest absolute Gasteiger partial charge is 0.383 e. The number of nitrogen functional groups attached to an aromatic ring is 1. The van der Waals surface area contributed by atoms with Gasteiger partial charge in [0.1, 0.15) is 5.82 Å². The van der Waals surface area contributed by atoms with Gasteiger partial charge in [-0.2, -0.15) is 0 Å². The zero-order valence-electron chi connectivity index (χ0n) is 17.6. The molecule has 8 heteroatoms. The minimum Gasteiger partial charge on any atom is -0.383 e. The van der Waals surface area contributed by atoms with E-state index in [1.807, 2.05) is 63.1 Å². The molecule has 0 aliphatic rings. The number of nitrogens with zero attached hydrogens (tertiary/aromatic N) is 3. The number of anilines is 3. The fourth-order valence-electron chi connectivity index (χ4n) is 3.12. The highest BCUT2D eigenvalue weighted by Crippen LogP contribution is 2.20. The summed E-state index contributed by atoms with van der Waals surface area (Å²) in [7, 11) is 1.82. The Labute approximate surface area is 170 Å². The van der Waals surface area contributed by atoms with Gasteiger partial charge in [-0.15, -0.1) is 0 Å². The third-order valence-electron chi connectivity index (χ3n) is 4.64. The van der Waals surface area contributed by atoms with Gasteiger partial charge >= 0.3 is 5.69 Å². The minimum absolute atomic E-state index is 0.0271. The van der Waals surface area contributed by atoms with Crippen LogP contribution in [0.3, 0.4) is 0 Å². The van der Waals surface area contributed by atoms with Gasteiger partial charge < -0.3 is 15.5 Å². The second-order valence-electron chi connectivity index (χ2n) is 7.59. The van der Waals surface area contributed by atoms with Crippen molar-refractivity contribution < 1.29 is 4.79 Å². The van der Waals surface area contributed by atoms with Crippen molar-refractivity contribution in [2.45, 2.75) is 40.2 Å². The standard InChI is InChI=1S/C21H31N5O3/c1-5-6-12-25(17(27)14-24(4)16-10-8-7-9-11-16)18-19(22)26(13-15(2)3)21(29)23-20(18)28/h7-11,15H,5-6,12-14,22H2,1-4H3,(H,23,28,29). The number of nitrogens with one attached hydrogen (secondary N) is 1. The molecule has 0 saturated carbocycles. The Morgan fingerprint density at radius 1 is 1.21 bits per heavy atom. The van der Waals surface area contributed by atoms with Gasteiger partial charge in [-0.3, -0.25) is 19.1 Å². The predicted octanol–water partition coefficient (Wildman–Crippen LogP) is 2.04. The van der Waals surface area contributed by atoms with Gasteiger partial charge in [-0.25, -0.2) is 4.79 Å². The lowest BCUT2D eigenvalue weighted by Gasteiger charge is -2.27. The van der Waals surface area contributed by atoms with E-state index in [1.165, 1.54) is 9.47 Å². The number of benzene rings is 1. The van der Waals surface area contributed by atoms with Crippen LogP contribution in [0.1, 0.15) is 33.6 Å². The molecule has 1 aromatic carbocycles. The molecule has 0 radical (unpaired) electrons. The number of hydrogen-bond acceptors (Lipinski definition) is 5. The number of aromatic amines is 1. The lowest BCUT2D eigenvalue weighted by molar-refractivity contribution is -0.117. The maximum atomic E-state index is 13.1. The van der Waals surface area contributed by atoms with Crippen LogP contribution in [0.2, 0.25) is 0 Å². The number of rotatable bonds is 9. The molecule has 0 saturated heterocycles. The van der Waals surface area contributed by atoms with Crippen LogP contribution in [0.25, 0.3) is 0 Å². The average molecular weight is 402 g/mol. The Morgan fingerprint density at radius 2 is 1.86 bits per heavy atom. The zero-order chi connectivity index (χ0) is 21.6. The minimum atomic E-state index is -0.640. The molecule has 0 aliphatic carbocycles. The molecule has 1 heterocycles. The van der Waals surface area contributed by atoms with Crippen LogP contribution in [0.5, 0.6) is 0 Å². The molecule has 0 unspecified atom stereocenters. The van der Waals surface area contributed by atoms with E-state index < -0.39 is 11.2 Å². The van der Waals surface area contributed by atoms with Crippen LogP contribution in [0.15, 0.2) is 39.9 Å². The first-order chi connectivity index (χ1) is 13.8. The molecule has 2 aromatic rings. The summed E-state index contributed by atoms with van der Waals surface area (Å²) in [4.78, 5) is 43.5. The first-order valence-electron chi connectivity index (χ1n) is 9.95. The van der Waals surface area contributed by atoms with Crippen molar-refractivity contribution in [2.75, 3.05) is 35.7 Å². The number of aromatic nitrogens is 2. The monoisotopic (exact) mass is 401 g/mol. The van der Waals surface area contributed by atoms with Crippen LogP contribution < -0.4 is 26.8 Å². The summed E-state index contributed by atoms with van der Waals surface area (Å²) in [6, 6.07) is 9.53. The highest BCUT2D eigenvalue weighted by molar-refractivity contribution is 5.98. The maximum Gasteiger partial charge on any atom is 0.330 e. The van der Waals surface area contributed by atoms with Gasteiger partial charge in [0, 0.05) is 25.8 Å². The van der Waals surface area contributed by atoms with Crippen LogP contribution in [-0.4, -0.2) is 35.6 Å². The lowest BCUT2D eigenvalue weighted by atomic mass is 10.2. The number of hydrogen-bond donors (Lipinski definition) is 2. The first kappa shape index (κ1) is 22.3. The molecule has 158 valence electrons. The predicted molar refractivity (Wildman–Crippen MR) is 118 cm³/mol. The fraction of sp³-hybridized carbons (Fsp3) is 0.476. The second-order valence-corrected chi connectivity index (χ2v) is 7.59. The maximum absolute atomic E-state index is 13.1. The fourth-order valence-corrected chi connectivity index (χ4v) is 3.12. The number of carbonyl (C=O) groups excluding carboxylic acids is 1. The molecule has 1 aromatic heterocycles. The average Bonchev–Trinajstić information content (AvgIpc) is 2.67. The molecule has 0 bridgehead atoms. The van der Waals surface area contributed by atoms with E-state index in [0.717, 1.165) is 12.1 Å². The van der Waals surface area contributed by atoms with Gasteiger partial charge in [-0.05, 0) is 24.5 Å². The van der Waals surface area contributed by atoms with Crippen molar-refractivity contribution in [2.24, 2.45) is 5.92 Å². The summed E-state index contributed by atoms with van der Waals surface area (Å²) in [5.74, 6) is -0.0752. The van der Waals surface area contributed by atoms with Gasteiger partial charge in [-0.1, -0.05) is 45.4 Å². The molecule has 0 spiro atoms. The number of amides is 1. The van der Waals surface area contributed by atoms with Gasteiger partial charge in [0.05, 0.1) is 6.54 Å². The Morgan fingerprint density at radius 3 is 2.45 bits per heavy atom. The van der Waals surface area contributed by atoms with E-state index in [0.29, 0.717) is 19.5 Å². The van der Waals surface area contributed by atoms with Crippen LogP contribution in [0, 0.1) is 5.92 Å². The van der Waals surface area contributed by atoms with E-state index in [2.05, 4.69) is 4.98 Å². The van der Waals surface area contributed by atoms with E-state index >= 15 is 0 Å². The molecule has 0 aliphatic heterocycles. The third kappa shape index (κ3) is 5.49. The number of likely N-dealkylation sites (N-methyl/N-ethyl adjacent to an activating group) is 1. The van der Waals surface area contributed by atoms with Crippen LogP contribution >= 0.6 is 0 Å². The molecular formula is C21H31N5O3. The summed E-state index contributed by atoms with van der Waals surface area (Å²) < 4.78 is 1.33. The van der Waals surface area contributed by atoms with Crippen molar-refractivity contribution in [3.8, 4) is 0 Å². The van der Waals surface area contributed by atoms with Crippen molar-refractivity contribution in [3.63, 3.8) is 0 Å². The van der Waals surface area contributed by atoms with Crippen molar-refractivity contribution in [1.82, 2.24) is 9.55 Å². The van der Waals surface area contributed by atoms with Crippen LogP contribution in [-0.2, 0) is 11.3 Å². The molecule has 2 rings (SSSR count). The smallest absolute Gasteiger partial charge is 0.330 e. The van der Waals surface area contributed by atoms with Crippen LogP contribution in [0.4, 0.5) is 17.2 Å². The molecule has 29 heavy (non-hydrogen) atoms. The van der Waals surface area contributed by atoms with E-state index in [1.54, 1.807) is 0 Å². The number of nitrogens with two attached hydrogens (primary N) is 1. The number of para-hydroxylation sites is 1. The second kappa shape index (κ2) is 9.95. The summed E-state index contributed by atoms with van der Waals surface area (Å²) in [6.45, 7) is 6.69. The normalized spacial score (nSPS) is 10.9. The quantitative estimate of drug-likeness (QED) is 0.669. The molecule has 8 nitrogen and oxygen atoms in total. The Bertz CT molecular complexity index is 934. The topological polar surface area (TPSA) is 104 Å². The first-order valence-corrected chi connectivity index (χ1v) is 9.95. The van der Waals surface area contributed by atoms with Gasteiger partial charge in [0.15, 0.2) is 5.69 Å². The van der Waals surface area contributed by atoms with Gasteiger partial charge in [0.2, 0.25) is 5.91 Å². The van der Waals surface area contributed by atoms with Crippen molar-refractivity contribution in [3.05, 3.63) is 51.2 Å². The Kier molecular flexibility index (Phi) is 7.64. The number of unbranched alkanes of at least 4 members (excludes halogenated alkanes) is 1. The zero-order valence-corrected chi connectivity index (χ0v) is 17.6. The summed E-state index contributed by atoms with van der Waals surface area (Å²) in [5.41, 5.74) is 5.96.